The Morgan fingerprint density at radius 3 is 3.29 bits per heavy atom. The van der Waals surface area contributed by atoms with Crippen LogP contribution in [-0.2, 0) is 24.2 Å². The minimum absolute atomic E-state index is 0.0263. The molecule has 1 aliphatic rings. The van der Waals surface area contributed by atoms with Crippen molar-refractivity contribution in [2.45, 2.75) is 43.5 Å². The maximum atomic E-state index is 12.1. The predicted octanol–water partition coefficient (Wildman–Crippen LogP) is 2.97. The van der Waals surface area contributed by atoms with Crippen molar-refractivity contribution in [1.29, 1.82) is 0 Å². The number of thioether (sulfide) groups is 1. The maximum absolute atomic E-state index is 12.1. The predicted molar refractivity (Wildman–Crippen MR) is 86.0 cm³/mol. The summed E-state index contributed by atoms with van der Waals surface area (Å²) < 4.78 is 3.14. The maximum Gasteiger partial charge on any atom is 0.231 e. The van der Waals surface area contributed by atoms with Gasteiger partial charge in [0.25, 0.3) is 0 Å². The number of thiazole rings is 1. The molecular weight excluding hydrogens is 304 g/mol. The Hall–Kier alpha value is -1.34. The fraction of sp³-hybridized carbons (Fsp3) is 0.500. The molecule has 2 aromatic rings. The molecule has 0 atom stereocenters. The van der Waals surface area contributed by atoms with Crippen molar-refractivity contribution in [3.8, 4) is 0 Å². The summed E-state index contributed by atoms with van der Waals surface area (Å²) in [6.45, 7) is 3.04. The van der Waals surface area contributed by atoms with Gasteiger partial charge in [0, 0.05) is 18.3 Å². The van der Waals surface area contributed by atoms with Crippen molar-refractivity contribution in [2.24, 2.45) is 0 Å². The van der Waals surface area contributed by atoms with Gasteiger partial charge in [-0.2, -0.15) is 0 Å². The molecule has 0 saturated carbocycles. The molecule has 0 aromatic carbocycles. The van der Waals surface area contributed by atoms with Gasteiger partial charge in [-0.25, -0.2) is 9.97 Å². The number of aromatic nitrogens is 3. The molecule has 3 rings (SSSR count). The highest BCUT2D eigenvalue weighted by atomic mass is 32.2. The van der Waals surface area contributed by atoms with E-state index in [1.807, 2.05) is 5.38 Å². The summed E-state index contributed by atoms with van der Waals surface area (Å²) in [4.78, 5) is 21.0. The third-order valence-corrected chi connectivity index (χ3v) is 5.33. The highest BCUT2D eigenvalue weighted by Crippen LogP contribution is 2.23. The summed E-state index contributed by atoms with van der Waals surface area (Å²) in [5.41, 5.74) is 0.840. The first-order valence-corrected chi connectivity index (χ1v) is 9.04. The molecular formula is C14H18N4OS2. The first-order valence-electron chi connectivity index (χ1n) is 7.17. The molecule has 0 radical (unpaired) electrons. The topological polar surface area (TPSA) is 59.8 Å². The molecule has 0 fully saturated rings. The van der Waals surface area contributed by atoms with Gasteiger partial charge in [0.1, 0.15) is 16.0 Å². The van der Waals surface area contributed by atoms with Crippen molar-refractivity contribution < 1.29 is 4.79 Å². The molecule has 1 N–H and O–H groups in total. The highest BCUT2D eigenvalue weighted by molar-refractivity contribution is 8.00. The van der Waals surface area contributed by atoms with E-state index in [-0.39, 0.29) is 5.91 Å². The van der Waals surface area contributed by atoms with Crippen molar-refractivity contribution in [3.63, 3.8) is 0 Å². The summed E-state index contributed by atoms with van der Waals surface area (Å²) in [6, 6.07) is 0. The van der Waals surface area contributed by atoms with Crippen LogP contribution in [0.25, 0.3) is 0 Å². The zero-order valence-electron chi connectivity index (χ0n) is 12.0. The average molecular weight is 322 g/mol. The van der Waals surface area contributed by atoms with Gasteiger partial charge in [0.05, 0.1) is 18.3 Å². The lowest BCUT2D eigenvalue weighted by Crippen LogP contribution is -2.19. The van der Waals surface area contributed by atoms with Gasteiger partial charge in [0.15, 0.2) is 0 Å². The van der Waals surface area contributed by atoms with Crippen molar-refractivity contribution in [3.05, 3.63) is 23.1 Å². The van der Waals surface area contributed by atoms with Gasteiger partial charge in [-0.1, -0.05) is 18.7 Å². The highest BCUT2D eigenvalue weighted by Gasteiger charge is 2.16. The van der Waals surface area contributed by atoms with E-state index >= 15 is 0 Å². The molecule has 3 heterocycles. The monoisotopic (exact) mass is 322 g/mol. The van der Waals surface area contributed by atoms with Gasteiger partial charge < -0.3 is 9.88 Å². The number of nitrogens with zero attached hydrogens (tertiary/aromatic N) is 3. The number of carbonyl (C=O) groups excluding carboxylic acids is 1. The first kappa shape index (κ1) is 14.6. The third-order valence-electron chi connectivity index (χ3n) is 3.38. The average Bonchev–Trinajstić information content (AvgIpc) is 3.07. The number of amides is 1. The second-order valence-electron chi connectivity index (χ2n) is 4.93. The quantitative estimate of drug-likeness (QED) is 0.860. The van der Waals surface area contributed by atoms with Crippen molar-refractivity contribution in [1.82, 2.24) is 14.5 Å². The van der Waals surface area contributed by atoms with E-state index in [1.54, 1.807) is 29.3 Å². The number of hydrogen-bond donors (Lipinski definition) is 1. The van der Waals surface area contributed by atoms with Crippen LogP contribution in [-0.4, -0.2) is 26.2 Å². The minimum atomic E-state index is -0.0263. The van der Waals surface area contributed by atoms with E-state index in [0.29, 0.717) is 6.42 Å². The van der Waals surface area contributed by atoms with Gasteiger partial charge in [-0.05, 0) is 18.6 Å². The number of carbonyl (C=O) groups is 1. The molecule has 7 heteroatoms. The van der Waals surface area contributed by atoms with E-state index in [0.717, 1.165) is 46.8 Å². The molecule has 1 aliphatic heterocycles. The van der Waals surface area contributed by atoms with Crippen LogP contribution in [0.15, 0.2) is 15.9 Å². The number of anilines is 1. The van der Waals surface area contributed by atoms with Crippen LogP contribution in [0, 0.1) is 0 Å². The Bertz CT molecular complexity index is 635. The third kappa shape index (κ3) is 3.47. The lowest BCUT2D eigenvalue weighted by molar-refractivity contribution is -0.115. The Kier molecular flexibility index (Phi) is 4.60. The zero-order valence-corrected chi connectivity index (χ0v) is 13.6. The van der Waals surface area contributed by atoms with Crippen LogP contribution >= 0.6 is 23.1 Å². The molecule has 0 unspecified atom stereocenters. The van der Waals surface area contributed by atoms with Crippen LogP contribution < -0.4 is 5.32 Å². The second-order valence-corrected chi connectivity index (χ2v) is 7.30. The standard InChI is InChI=1S/C14H18N4OS2/c1-2-20-14-16-10(9-21-14)7-13(19)17-12-8-15-11-5-3-4-6-18(11)12/h8-9H,2-7H2,1H3,(H,17,19). The normalized spacial score (nSPS) is 14.0. The molecule has 21 heavy (non-hydrogen) atoms. The molecule has 112 valence electrons. The minimum Gasteiger partial charge on any atom is -0.315 e. The van der Waals surface area contributed by atoms with E-state index in [2.05, 4.69) is 26.8 Å². The molecule has 2 aromatic heterocycles. The fourth-order valence-electron chi connectivity index (χ4n) is 2.43. The molecule has 0 spiro atoms. The molecule has 5 nitrogen and oxygen atoms in total. The second kappa shape index (κ2) is 6.62. The molecule has 0 bridgehead atoms. The Balaban J connectivity index is 1.62. The van der Waals surface area contributed by atoms with Crippen LogP contribution in [0.1, 0.15) is 31.3 Å². The number of fused-ring (bicyclic) bond motifs is 1. The summed E-state index contributed by atoms with van der Waals surface area (Å²) in [5.74, 6) is 2.86. The number of hydrogen-bond acceptors (Lipinski definition) is 5. The smallest absolute Gasteiger partial charge is 0.231 e. The lowest BCUT2D eigenvalue weighted by Gasteiger charge is -2.16. The van der Waals surface area contributed by atoms with Crippen LogP contribution in [0.2, 0.25) is 0 Å². The molecule has 0 saturated heterocycles. The van der Waals surface area contributed by atoms with Crippen LogP contribution in [0.3, 0.4) is 0 Å². The van der Waals surface area contributed by atoms with E-state index in [9.17, 15) is 4.79 Å². The van der Waals surface area contributed by atoms with Crippen molar-refractivity contribution in [2.75, 3.05) is 11.1 Å². The Labute approximate surface area is 132 Å². The van der Waals surface area contributed by atoms with Gasteiger partial charge in [0.2, 0.25) is 5.91 Å². The van der Waals surface area contributed by atoms with Crippen LogP contribution in [0.5, 0.6) is 0 Å². The van der Waals surface area contributed by atoms with Crippen LogP contribution in [0.4, 0.5) is 5.82 Å². The molecule has 1 amide bonds. The summed E-state index contributed by atoms with van der Waals surface area (Å²) in [7, 11) is 0. The zero-order chi connectivity index (χ0) is 14.7. The van der Waals surface area contributed by atoms with E-state index in [4.69, 9.17) is 0 Å². The number of imidazole rings is 1. The Morgan fingerprint density at radius 2 is 2.43 bits per heavy atom. The number of aryl methyl sites for hydroxylation is 1. The van der Waals surface area contributed by atoms with Crippen molar-refractivity contribution >= 4 is 34.8 Å². The van der Waals surface area contributed by atoms with E-state index in [1.165, 1.54) is 6.42 Å². The number of nitrogens with one attached hydrogen (secondary N) is 1. The summed E-state index contributed by atoms with van der Waals surface area (Å²) in [5, 5.41) is 4.92. The Morgan fingerprint density at radius 1 is 1.52 bits per heavy atom. The van der Waals surface area contributed by atoms with Gasteiger partial charge in [-0.15, -0.1) is 11.3 Å². The largest absolute Gasteiger partial charge is 0.315 e. The first-order chi connectivity index (χ1) is 10.3. The number of rotatable bonds is 5. The summed E-state index contributed by atoms with van der Waals surface area (Å²) >= 11 is 3.31. The lowest BCUT2D eigenvalue weighted by atomic mass is 10.2. The molecule has 0 aliphatic carbocycles. The SMILES string of the molecule is CCSc1nc(CC(=O)Nc2cnc3n2CCCC3)cs1. The van der Waals surface area contributed by atoms with Gasteiger partial charge >= 0.3 is 0 Å². The van der Waals surface area contributed by atoms with E-state index < -0.39 is 0 Å². The van der Waals surface area contributed by atoms with Gasteiger partial charge in [-0.3, -0.25) is 4.79 Å². The summed E-state index contributed by atoms with van der Waals surface area (Å²) in [6.07, 6.45) is 5.41. The fourth-order valence-corrected chi connectivity index (χ4v) is 4.17.